The molecule has 6 heteroatoms. The van der Waals surface area contributed by atoms with Gasteiger partial charge in [-0.2, -0.15) is 4.80 Å². The Bertz CT molecular complexity index is 361. The van der Waals surface area contributed by atoms with Gasteiger partial charge in [0.25, 0.3) is 0 Å². The third-order valence-corrected chi connectivity index (χ3v) is 3.43. The van der Waals surface area contributed by atoms with Crippen molar-refractivity contribution in [2.75, 3.05) is 13.1 Å². The van der Waals surface area contributed by atoms with Gasteiger partial charge in [-0.3, -0.25) is 4.90 Å². The first-order valence-electron chi connectivity index (χ1n) is 6.26. The first-order chi connectivity index (χ1) is 8.06. The average Bonchev–Trinajstić information content (AvgIpc) is 2.67. The van der Waals surface area contributed by atoms with E-state index in [0.717, 1.165) is 25.5 Å². The van der Waals surface area contributed by atoms with E-state index in [2.05, 4.69) is 46.4 Å². The summed E-state index contributed by atoms with van der Waals surface area (Å²) in [6.07, 6.45) is 0. The summed E-state index contributed by atoms with van der Waals surface area (Å²) in [5.74, 6) is 1.46. The second kappa shape index (κ2) is 5.10. The Hall–Kier alpha value is -1.01. The first-order valence-corrected chi connectivity index (χ1v) is 6.26. The van der Waals surface area contributed by atoms with Crippen LogP contribution in [-0.4, -0.2) is 50.3 Å². The van der Waals surface area contributed by atoms with Gasteiger partial charge in [0.2, 0.25) is 0 Å². The third kappa shape index (κ3) is 3.01. The lowest BCUT2D eigenvalue weighted by Crippen LogP contribution is -2.56. The molecule has 0 saturated carbocycles. The molecule has 1 fully saturated rings. The van der Waals surface area contributed by atoms with Crippen molar-refractivity contribution in [2.45, 2.75) is 39.4 Å². The molecule has 0 amide bonds. The molecule has 1 aromatic rings. The molecule has 96 valence electrons. The molecule has 1 N–H and O–H groups in total. The maximum absolute atomic E-state index is 4.24. The average molecular weight is 238 g/mol. The van der Waals surface area contributed by atoms with Crippen LogP contribution in [-0.2, 0) is 13.6 Å². The fourth-order valence-corrected chi connectivity index (χ4v) is 2.18. The van der Waals surface area contributed by atoms with E-state index >= 15 is 0 Å². The first kappa shape index (κ1) is 12.4. The van der Waals surface area contributed by atoms with Gasteiger partial charge in [0, 0.05) is 25.2 Å². The molecule has 6 nitrogen and oxygen atoms in total. The Morgan fingerprint density at radius 3 is 2.82 bits per heavy atom. The lowest BCUT2D eigenvalue weighted by atomic mass is 10.00. The van der Waals surface area contributed by atoms with E-state index in [1.165, 1.54) is 4.80 Å². The highest BCUT2D eigenvalue weighted by Gasteiger charge is 2.27. The molecule has 1 saturated heterocycles. The Morgan fingerprint density at radius 2 is 2.24 bits per heavy atom. The van der Waals surface area contributed by atoms with E-state index in [1.54, 1.807) is 7.05 Å². The summed E-state index contributed by atoms with van der Waals surface area (Å²) in [5.41, 5.74) is 0. The number of aryl methyl sites for hydroxylation is 1. The molecule has 0 spiro atoms. The predicted molar refractivity (Wildman–Crippen MR) is 65.3 cm³/mol. The second-order valence-electron chi connectivity index (χ2n) is 5.23. The van der Waals surface area contributed by atoms with Crippen molar-refractivity contribution in [3.8, 4) is 0 Å². The lowest BCUT2D eigenvalue weighted by molar-refractivity contribution is 0.113. The lowest BCUT2D eigenvalue weighted by Gasteiger charge is -2.39. The fraction of sp³-hybridized carbons (Fsp3) is 0.909. The monoisotopic (exact) mass is 238 g/mol. The van der Waals surface area contributed by atoms with Crippen LogP contribution in [0.4, 0.5) is 0 Å². The van der Waals surface area contributed by atoms with Crippen molar-refractivity contribution >= 4 is 0 Å². The Morgan fingerprint density at radius 1 is 1.47 bits per heavy atom. The van der Waals surface area contributed by atoms with Crippen molar-refractivity contribution in [1.29, 1.82) is 0 Å². The van der Waals surface area contributed by atoms with Crippen molar-refractivity contribution in [3.63, 3.8) is 0 Å². The maximum atomic E-state index is 4.24. The van der Waals surface area contributed by atoms with Gasteiger partial charge >= 0.3 is 0 Å². The number of piperazine rings is 1. The largest absolute Gasteiger partial charge is 0.311 e. The summed E-state index contributed by atoms with van der Waals surface area (Å²) < 4.78 is 0. The van der Waals surface area contributed by atoms with Gasteiger partial charge in [0.15, 0.2) is 5.82 Å². The summed E-state index contributed by atoms with van der Waals surface area (Å²) in [6, 6.07) is 1.08. The zero-order chi connectivity index (χ0) is 12.4. The number of nitrogens with one attached hydrogen (secondary N) is 1. The summed E-state index contributed by atoms with van der Waals surface area (Å²) in [5, 5.41) is 15.8. The summed E-state index contributed by atoms with van der Waals surface area (Å²) in [4.78, 5) is 3.94. The highest BCUT2D eigenvalue weighted by Crippen LogP contribution is 2.14. The van der Waals surface area contributed by atoms with Gasteiger partial charge in [-0.15, -0.1) is 10.2 Å². The molecule has 2 unspecified atom stereocenters. The van der Waals surface area contributed by atoms with Gasteiger partial charge < -0.3 is 5.32 Å². The molecule has 1 aliphatic rings. The maximum Gasteiger partial charge on any atom is 0.188 e. The molecule has 1 aliphatic heterocycles. The molecule has 0 bridgehead atoms. The van der Waals surface area contributed by atoms with Crippen LogP contribution in [0.5, 0.6) is 0 Å². The van der Waals surface area contributed by atoms with Crippen molar-refractivity contribution in [3.05, 3.63) is 5.82 Å². The van der Waals surface area contributed by atoms with Crippen LogP contribution in [0.3, 0.4) is 0 Å². The molecule has 17 heavy (non-hydrogen) atoms. The molecule has 2 rings (SSSR count). The zero-order valence-corrected chi connectivity index (χ0v) is 11.1. The molecular formula is C11H22N6. The third-order valence-electron chi connectivity index (χ3n) is 3.43. The van der Waals surface area contributed by atoms with Crippen molar-refractivity contribution in [2.24, 2.45) is 13.0 Å². The fourth-order valence-electron chi connectivity index (χ4n) is 2.18. The Balaban J connectivity index is 1.98. The minimum absolute atomic E-state index is 0.522. The summed E-state index contributed by atoms with van der Waals surface area (Å²) >= 11 is 0. The molecule has 1 aromatic heterocycles. The number of nitrogens with zero attached hydrogens (tertiary/aromatic N) is 5. The summed E-state index contributed by atoms with van der Waals surface area (Å²) in [7, 11) is 1.80. The minimum atomic E-state index is 0.522. The van der Waals surface area contributed by atoms with Crippen molar-refractivity contribution in [1.82, 2.24) is 30.4 Å². The molecule has 2 atom stereocenters. The van der Waals surface area contributed by atoms with Crippen LogP contribution >= 0.6 is 0 Å². The highest BCUT2D eigenvalue weighted by molar-refractivity contribution is 4.88. The van der Waals surface area contributed by atoms with Crippen LogP contribution in [0.2, 0.25) is 0 Å². The van der Waals surface area contributed by atoms with Gasteiger partial charge in [0.1, 0.15) is 0 Å². The second-order valence-corrected chi connectivity index (χ2v) is 5.23. The highest BCUT2D eigenvalue weighted by atomic mass is 15.6. The Labute approximate surface area is 102 Å². The van der Waals surface area contributed by atoms with Crippen molar-refractivity contribution < 1.29 is 0 Å². The van der Waals surface area contributed by atoms with E-state index in [4.69, 9.17) is 0 Å². The number of aromatic nitrogens is 4. The van der Waals surface area contributed by atoms with Gasteiger partial charge in [-0.25, -0.2) is 0 Å². The number of hydrogen-bond donors (Lipinski definition) is 1. The van der Waals surface area contributed by atoms with Crippen LogP contribution in [0.15, 0.2) is 0 Å². The topological polar surface area (TPSA) is 58.9 Å². The summed E-state index contributed by atoms with van der Waals surface area (Å²) in [6.45, 7) is 9.62. The standard InChI is InChI=1S/C11H22N6/c1-8(2)10-6-17(9(3)5-12-10)7-11-13-15-16(4)14-11/h8-10,12H,5-7H2,1-4H3. The van der Waals surface area contributed by atoms with E-state index in [0.29, 0.717) is 18.0 Å². The van der Waals surface area contributed by atoms with Gasteiger partial charge in [-0.05, 0) is 18.1 Å². The van der Waals surface area contributed by atoms with Crippen LogP contribution in [0, 0.1) is 5.92 Å². The van der Waals surface area contributed by atoms with Crippen LogP contribution in [0.1, 0.15) is 26.6 Å². The van der Waals surface area contributed by atoms with Crippen LogP contribution < -0.4 is 5.32 Å². The van der Waals surface area contributed by atoms with Gasteiger partial charge in [-0.1, -0.05) is 13.8 Å². The smallest absolute Gasteiger partial charge is 0.188 e. The zero-order valence-electron chi connectivity index (χ0n) is 11.1. The number of tetrazole rings is 1. The van der Waals surface area contributed by atoms with Crippen LogP contribution in [0.25, 0.3) is 0 Å². The van der Waals surface area contributed by atoms with E-state index in [9.17, 15) is 0 Å². The molecule has 0 radical (unpaired) electrons. The van der Waals surface area contributed by atoms with E-state index < -0.39 is 0 Å². The van der Waals surface area contributed by atoms with E-state index in [1.807, 2.05) is 0 Å². The quantitative estimate of drug-likeness (QED) is 0.805. The number of rotatable bonds is 3. The minimum Gasteiger partial charge on any atom is -0.311 e. The predicted octanol–water partition coefficient (Wildman–Crippen LogP) is 0.0284. The normalized spacial score (nSPS) is 26.6. The van der Waals surface area contributed by atoms with Gasteiger partial charge in [0.05, 0.1) is 13.6 Å². The Kier molecular flexibility index (Phi) is 3.73. The van der Waals surface area contributed by atoms with E-state index in [-0.39, 0.29) is 0 Å². The molecule has 2 heterocycles. The SMILES string of the molecule is CC(C)C1CN(Cc2nnn(C)n2)C(C)CN1. The molecule has 0 aromatic carbocycles. The number of hydrogen-bond acceptors (Lipinski definition) is 5. The molecule has 0 aliphatic carbocycles. The molecular weight excluding hydrogens is 216 g/mol.